The Morgan fingerprint density at radius 1 is 1.27 bits per heavy atom. The van der Waals surface area contributed by atoms with E-state index in [0.717, 1.165) is 0 Å². The van der Waals surface area contributed by atoms with Gasteiger partial charge in [-0.15, -0.1) is 0 Å². The van der Waals surface area contributed by atoms with Gasteiger partial charge in [0.2, 0.25) is 0 Å². The number of methoxy groups -OCH3 is 2. The fourth-order valence-electron chi connectivity index (χ4n) is 1.75. The van der Waals surface area contributed by atoms with Crippen LogP contribution in [0, 0.1) is 0 Å². The van der Waals surface area contributed by atoms with Gasteiger partial charge in [-0.25, -0.2) is 5.43 Å². The van der Waals surface area contributed by atoms with Crippen molar-refractivity contribution in [2.45, 2.75) is 0 Å². The minimum Gasteiger partial charge on any atom is -0.493 e. The molecule has 0 aliphatic rings. The normalized spacial score (nSPS) is 10.5. The van der Waals surface area contributed by atoms with Gasteiger partial charge in [-0.2, -0.15) is 5.10 Å². The van der Waals surface area contributed by atoms with E-state index in [9.17, 15) is 4.79 Å². The number of pyridine rings is 1. The van der Waals surface area contributed by atoms with Crippen LogP contribution in [0.15, 0.2) is 41.8 Å². The highest BCUT2D eigenvalue weighted by molar-refractivity contribution is 6.32. The van der Waals surface area contributed by atoms with Crippen LogP contribution in [0.1, 0.15) is 15.9 Å². The number of carbonyl (C=O) groups is 1. The number of aromatic nitrogens is 1. The average molecular weight is 320 g/mol. The summed E-state index contributed by atoms with van der Waals surface area (Å²) in [5, 5.41) is 4.28. The fraction of sp³-hybridized carbons (Fsp3) is 0.133. The zero-order valence-corrected chi connectivity index (χ0v) is 12.8. The molecular weight excluding hydrogens is 306 g/mol. The second-order valence-electron chi connectivity index (χ2n) is 4.17. The van der Waals surface area contributed by atoms with Crippen molar-refractivity contribution >= 4 is 23.7 Å². The molecule has 0 bridgehead atoms. The third-order valence-corrected chi connectivity index (χ3v) is 3.06. The van der Waals surface area contributed by atoms with Gasteiger partial charge in [0.15, 0.2) is 11.5 Å². The van der Waals surface area contributed by atoms with Crippen molar-refractivity contribution in [3.63, 3.8) is 0 Å². The molecule has 0 radical (unpaired) electrons. The Labute approximate surface area is 132 Å². The van der Waals surface area contributed by atoms with Crippen LogP contribution in [0.4, 0.5) is 0 Å². The molecule has 22 heavy (non-hydrogen) atoms. The first-order valence-corrected chi connectivity index (χ1v) is 6.68. The van der Waals surface area contributed by atoms with E-state index < -0.39 is 0 Å². The monoisotopic (exact) mass is 319 g/mol. The topological polar surface area (TPSA) is 72.8 Å². The number of hydrogen-bond donors (Lipinski definition) is 1. The number of amides is 1. The standard InChI is InChI=1S/C15H14ClN3O3/c1-21-13-8-10(7-12(16)14(13)22-2)9-18-19-15(20)11-3-5-17-6-4-11/h3-9H,1-2H3,(H,19,20)/b18-9-. The molecule has 0 fully saturated rings. The molecule has 2 aromatic rings. The van der Waals surface area contributed by atoms with Gasteiger partial charge in [0, 0.05) is 18.0 Å². The summed E-state index contributed by atoms with van der Waals surface area (Å²) in [6.45, 7) is 0. The van der Waals surface area contributed by atoms with Crippen LogP contribution in [0.5, 0.6) is 11.5 Å². The molecule has 1 aromatic heterocycles. The molecule has 0 aliphatic carbocycles. The molecular formula is C15H14ClN3O3. The Morgan fingerprint density at radius 3 is 2.64 bits per heavy atom. The fourth-order valence-corrected chi connectivity index (χ4v) is 2.04. The smallest absolute Gasteiger partial charge is 0.271 e. The number of ether oxygens (including phenoxy) is 2. The molecule has 1 aromatic carbocycles. The van der Waals surface area contributed by atoms with E-state index in [1.807, 2.05) is 0 Å². The van der Waals surface area contributed by atoms with Gasteiger partial charge in [-0.3, -0.25) is 9.78 Å². The first-order chi connectivity index (χ1) is 10.7. The third kappa shape index (κ3) is 3.73. The molecule has 7 heteroatoms. The van der Waals surface area contributed by atoms with Crippen molar-refractivity contribution in [2.75, 3.05) is 14.2 Å². The summed E-state index contributed by atoms with van der Waals surface area (Å²) in [5.41, 5.74) is 3.55. The van der Waals surface area contributed by atoms with Gasteiger partial charge in [0.25, 0.3) is 5.91 Å². The molecule has 0 unspecified atom stereocenters. The van der Waals surface area contributed by atoms with E-state index in [1.54, 1.807) is 24.3 Å². The number of hydrogen-bond acceptors (Lipinski definition) is 5. The second kappa shape index (κ2) is 7.42. The van der Waals surface area contributed by atoms with Crippen LogP contribution >= 0.6 is 11.6 Å². The van der Waals surface area contributed by atoms with Crippen molar-refractivity contribution in [3.8, 4) is 11.5 Å². The first kappa shape index (κ1) is 15.8. The lowest BCUT2D eigenvalue weighted by molar-refractivity contribution is 0.0955. The molecule has 1 N–H and O–H groups in total. The van der Waals surface area contributed by atoms with Crippen LogP contribution < -0.4 is 14.9 Å². The SMILES string of the molecule is COc1cc(/C=N\NC(=O)c2ccncc2)cc(Cl)c1OC. The predicted octanol–water partition coefficient (Wildman–Crippen LogP) is 2.52. The van der Waals surface area contributed by atoms with Crippen molar-refractivity contribution in [1.82, 2.24) is 10.4 Å². The zero-order chi connectivity index (χ0) is 15.9. The minimum absolute atomic E-state index is 0.328. The Kier molecular flexibility index (Phi) is 5.32. The summed E-state index contributed by atoms with van der Waals surface area (Å²) in [7, 11) is 3.02. The summed E-state index contributed by atoms with van der Waals surface area (Å²) < 4.78 is 10.3. The zero-order valence-electron chi connectivity index (χ0n) is 12.0. The van der Waals surface area contributed by atoms with Crippen molar-refractivity contribution in [3.05, 3.63) is 52.8 Å². The number of carbonyl (C=O) groups excluding carboxylic acids is 1. The number of halogens is 1. The molecule has 0 atom stereocenters. The number of nitrogens with one attached hydrogen (secondary N) is 1. The van der Waals surface area contributed by atoms with Gasteiger partial charge in [0.1, 0.15) is 0 Å². The Balaban J connectivity index is 2.10. The Morgan fingerprint density at radius 2 is 2.00 bits per heavy atom. The van der Waals surface area contributed by atoms with Crippen LogP contribution in [0.25, 0.3) is 0 Å². The number of benzene rings is 1. The first-order valence-electron chi connectivity index (χ1n) is 6.30. The third-order valence-electron chi connectivity index (χ3n) is 2.78. The van der Waals surface area contributed by atoms with E-state index in [4.69, 9.17) is 21.1 Å². The lowest BCUT2D eigenvalue weighted by Gasteiger charge is -2.09. The maximum Gasteiger partial charge on any atom is 0.271 e. The second-order valence-corrected chi connectivity index (χ2v) is 4.58. The molecule has 0 saturated heterocycles. The number of hydrazone groups is 1. The van der Waals surface area contributed by atoms with Gasteiger partial charge < -0.3 is 9.47 Å². The predicted molar refractivity (Wildman–Crippen MR) is 83.9 cm³/mol. The van der Waals surface area contributed by atoms with Crippen LogP contribution in [-0.4, -0.2) is 31.3 Å². The van der Waals surface area contributed by atoms with E-state index >= 15 is 0 Å². The lowest BCUT2D eigenvalue weighted by atomic mass is 10.2. The highest BCUT2D eigenvalue weighted by Crippen LogP contribution is 2.35. The average Bonchev–Trinajstić information content (AvgIpc) is 2.55. The van der Waals surface area contributed by atoms with Gasteiger partial charge >= 0.3 is 0 Å². The molecule has 1 amide bonds. The molecule has 0 spiro atoms. The molecule has 0 aliphatic heterocycles. The van der Waals surface area contributed by atoms with Gasteiger partial charge in [-0.05, 0) is 29.8 Å². The molecule has 114 valence electrons. The maximum atomic E-state index is 11.8. The summed E-state index contributed by atoms with van der Waals surface area (Å²) in [6, 6.07) is 6.55. The summed E-state index contributed by atoms with van der Waals surface area (Å²) in [5.74, 6) is 0.601. The Hall–Kier alpha value is -2.60. The summed E-state index contributed by atoms with van der Waals surface area (Å²) >= 11 is 6.09. The van der Waals surface area contributed by atoms with E-state index in [1.165, 1.54) is 32.8 Å². The van der Waals surface area contributed by atoms with Gasteiger partial charge in [0.05, 0.1) is 25.5 Å². The maximum absolute atomic E-state index is 11.8. The lowest BCUT2D eigenvalue weighted by Crippen LogP contribution is -2.17. The molecule has 1 heterocycles. The van der Waals surface area contributed by atoms with E-state index in [-0.39, 0.29) is 5.91 Å². The highest BCUT2D eigenvalue weighted by Gasteiger charge is 2.10. The summed E-state index contributed by atoms with van der Waals surface area (Å²) in [6.07, 6.45) is 4.53. The van der Waals surface area contributed by atoms with Crippen molar-refractivity contribution in [2.24, 2.45) is 5.10 Å². The number of nitrogens with zero attached hydrogens (tertiary/aromatic N) is 2. The van der Waals surface area contributed by atoms with E-state index in [2.05, 4.69) is 15.5 Å². The molecule has 6 nitrogen and oxygen atoms in total. The Bertz CT molecular complexity index is 690. The van der Waals surface area contributed by atoms with Crippen LogP contribution in [0.3, 0.4) is 0 Å². The largest absolute Gasteiger partial charge is 0.493 e. The highest BCUT2D eigenvalue weighted by atomic mass is 35.5. The molecule has 2 rings (SSSR count). The summed E-state index contributed by atoms with van der Waals surface area (Å²) in [4.78, 5) is 15.6. The molecule has 0 saturated carbocycles. The van der Waals surface area contributed by atoms with Gasteiger partial charge in [-0.1, -0.05) is 11.6 Å². The van der Waals surface area contributed by atoms with Crippen molar-refractivity contribution in [1.29, 1.82) is 0 Å². The van der Waals surface area contributed by atoms with Crippen molar-refractivity contribution < 1.29 is 14.3 Å². The minimum atomic E-state index is -0.328. The van der Waals surface area contributed by atoms with E-state index in [0.29, 0.717) is 27.6 Å². The van der Waals surface area contributed by atoms with Crippen LogP contribution in [0.2, 0.25) is 5.02 Å². The van der Waals surface area contributed by atoms with Crippen LogP contribution in [-0.2, 0) is 0 Å². The number of rotatable bonds is 5. The quantitative estimate of drug-likeness (QED) is 0.679.